The molecule has 1 aromatic carbocycles. The molecule has 0 unspecified atom stereocenters. The Kier molecular flexibility index (Phi) is 5.82. The quantitative estimate of drug-likeness (QED) is 0.482. The summed E-state index contributed by atoms with van der Waals surface area (Å²) >= 11 is 0. The van der Waals surface area contributed by atoms with Crippen LogP contribution in [0.5, 0.6) is 5.75 Å². The lowest BCUT2D eigenvalue weighted by molar-refractivity contribution is 0.321. The molecular formula is C16H23N5O. The van der Waals surface area contributed by atoms with E-state index >= 15 is 0 Å². The van der Waals surface area contributed by atoms with E-state index in [2.05, 4.69) is 33.7 Å². The standard InChI is InChI=1S/C16H23N5O/c1-13-5-4-6-15(11-13)22-10-9-18-16(17-2)19-12-14-7-8-20-21(14)3/h4-8,11H,9-10,12H2,1-3H3,(H2,17,18,19). The molecule has 2 rings (SSSR count). The van der Waals surface area contributed by atoms with Crippen LogP contribution in [-0.4, -0.2) is 35.9 Å². The SMILES string of the molecule is CN=C(NCCOc1cccc(C)c1)NCc1ccnn1C. The van der Waals surface area contributed by atoms with Gasteiger partial charge in [-0.2, -0.15) is 5.10 Å². The van der Waals surface area contributed by atoms with Gasteiger partial charge in [0.25, 0.3) is 0 Å². The lowest BCUT2D eigenvalue weighted by atomic mass is 10.2. The van der Waals surface area contributed by atoms with Crippen LogP contribution in [0.15, 0.2) is 41.5 Å². The fraction of sp³-hybridized carbons (Fsp3) is 0.375. The van der Waals surface area contributed by atoms with Crippen molar-refractivity contribution >= 4 is 5.96 Å². The van der Waals surface area contributed by atoms with Crippen LogP contribution in [0.25, 0.3) is 0 Å². The number of aliphatic imine (C=N–C) groups is 1. The number of ether oxygens (including phenoxy) is 1. The number of aryl methyl sites for hydroxylation is 2. The van der Waals surface area contributed by atoms with E-state index in [1.54, 1.807) is 13.2 Å². The third-order valence-electron chi connectivity index (χ3n) is 3.24. The summed E-state index contributed by atoms with van der Waals surface area (Å²) in [6, 6.07) is 10.0. The van der Waals surface area contributed by atoms with Crippen LogP contribution in [0.1, 0.15) is 11.3 Å². The van der Waals surface area contributed by atoms with Gasteiger partial charge in [0.2, 0.25) is 0 Å². The van der Waals surface area contributed by atoms with Crippen molar-refractivity contribution in [1.82, 2.24) is 20.4 Å². The molecule has 6 nitrogen and oxygen atoms in total. The Morgan fingerprint density at radius 2 is 2.18 bits per heavy atom. The molecule has 6 heteroatoms. The summed E-state index contributed by atoms with van der Waals surface area (Å²) in [6.07, 6.45) is 1.78. The summed E-state index contributed by atoms with van der Waals surface area (Å²) in [5.41, 5.74) is 2.29. The molecule has 0 aliphatic rings. The van der Waals surface area contributed by atoms with Crippen molar-refractivity contribution in [3.05, 3.63) is 47.8 Å². The van der Waals surface area contributed by atoms with Gasteiger partial charge in [0, 0.05) is 20.3 Å². The minimum Gasteiger partial charge on any atom is -0.492 e. The second-order valence-electron chi connectivity index (χ2n) is 4.96. The predicted octanol–water partition coefficient (Wildman–Crippen LogP) is 1.47. The topological polar surface area (TPSA) is 63.5 Å². The van der Waals surface area contributed by atoms with Crippen molar-refractivity contribution in [3.8, 4) is 5.75 Å². The minimum atomic E-state index is 0.579. The summed E-state index contributed by atoms with van der Waals surface area (Å²) in [5.74, 6) is 1.63. The van der Waals surface area contributed by atoms with E-state index in [9.17, 15) is 0 Å². The Morgan fingerprint density at radius 1 is 1.32 bits per heavy atom. The first-order valence-corrected chi connectivity index (χ1v) is 7.30. The van der Waals surface area contributed by atoms with Crippen LogP contribution < -0.4 is 15.4 Å². The molecule has 0 saturated heterocycles. The highest BCUT2D eigenvalue weighted by Gasteiger charge is 2.01. The van der Waals surface area contributed by atoms with E-state index in [1.807, 2.05) is 36.0 Å². The molecule has 0 saturated carbocycles. The molecule has 0 radical (unpaired) electrons. The van der Waals surface area contributed by atoms with Gasteiger partial charge in [-0.15, -0.1) is 0 Å². The van der Waals surface area contributed by atoms with Gasteiger partial charge in [-0.3, -0.25) is 9.67 Å². The van der Waals surface area contributed by atoms with E-state index < -0.39 is 0 Å². The normalized spacial score (nSPS) is 11.3. The summed E-state index contributed by atoms with van der Waals surface area (Å²) in [6.45, 7) is 3.99. The van der Waals surface area contributed by atoms with Gasteiger partial charge in [-0.05, 0) is 30.7 Å². The molecule has 0 fully saturated rings. The van der Waals surface area contributed by atoms with E-state index in [0.29, 0.717) is 19.7 Å². The van der Waals surface area contributed by atoms with Crippen LogP contribution in [0.3, 0.4) is 0 Å². The number of guanidine groups is 1. The van der Waals surface area contributed by atoms with E-state index in [0.717, 1.165) is 17.4 Å². The van der Waals surface area contributed by atoms with Gasteiger partial charge in [-0.25, -0.2) is 0 Å². The van der Waals surface area contributed by atoms with Gasteiger partial charge in [-0.1, -0.05) is 12.1 Å². The second-order valence-corrected chi connectivity index (χ2v) is 4.96. The number of aromatic nitrogens is 2. The monoisotopic (exact) mass is 301 g/mol. The van der Waals surface area contributed by atoms with Gasteiger partial charge >= 0.3 is 0 Å². The van der Waals surface area contributed by atoms with Gasteiger partial charge in [0.1, 0.15) is 12.4 Å². The fourth-order valence-electron chi connectivity index (χ4n) is 2.01. The van der Waals surface area contributed by atoms with Crippen molar-refractivity contribution in [2.75, 3.05) is 20.2 Å². The average Bonchev–Trinajstić information content (AvgIpc) is 2.92. The lowest BCUT2D eigenvalue weighted by Crippen LogP contribution is -2.39. The molecule has 2 N–H and O–H groups in total. The maximum atomic E-state index is 5.69. The first kappa shape index (κ1) is 15.9. The fourth-order valence-corrected chi connectivity index (χ4v) is 2.01. The Hall–Kier alpha value is -2.50. The van der Waals surface area contributed by atoms with Crippen molar-refractivity contribution in [2.24, 2.45) is 12.0 Å². The smallest absolute Gasteiger partial charge is 0.191 e. The van der Waals surface area contributed by atoms with E-state index in [-0.39, 0.29) is 0 Å². The summed E-state index contributed by atoms with van der Waals surface area (Å²) in [7, 11) is 3.67. The molecule has 0 spiro atoms. The summed E-state index contributed by atoms with van der Waals surface area (Å²) < 4.78 is 7.53. The molecule has 0 aliphatic heterocycles. The highest BCUT2D eigenvalue weighted by Crippen LogP contribution is 2.11. The first-order chi connectivity index (χ1) is 10.7. The Bertz CT molecular complexity index is 621. The van der Waals surface area contributed by atoms with Crippen LogP contribution in [0.4, 0.5) is 0 Å². The third kappa shape index (κ3) is 4.80. The molecule has 0 aliphatic carbocycles. The van der Waals surface area contributed by atoms with Crippen molar-refractivity contribution in [1.29, 1.82) is 0 Å². The Morgan fingerprint density at radius 3 is 2.86 bits per heavy atom. The summed E-state index contributed by atoms with van der Waals surface area (Å²) in [4.78, 5) is 4.19. The molecule has 1 aromatic heterocycles. The number of benzene rings is 1. The van der Waals surface area contributed by atoms with Gasteiger partial charge in [0.05, 0.1) is 18.8 Å². The highest BCUT2D eigenvalue weighted by atomic mass is 16.5. The van der Waals surface area contributed by atoms with Crippen molar-refractivity contribution in [3.63, 3.8) is 0 Å². The van der Waals surface area contributed by atoms with Crippen LogP contribution in [0, 0.1) is 6.92 Å². The van der Waals surface area contributed by atoms with Crippen LogP contribution in [-0.2, 0) is 13.6 Å². The number of nitrogens with zero attached hydrogens (tertiary/aromatic N) is 3. The van der Waals surface area contributed by atoms with Crippen LogP contribution >= 0.6 is 0 Å². The summed E-state index contributed by atoms with van der Waals surface area (Å²) in [5, 5.41) is 10.6. The Balaban J connectivity index is 1.69. The first-order valence-electron chi connectivity index (χ1n) is 7.30. The number of hydrogen-bond acceptors (Lipinski definition) is 3. The molecule has 2 aromatic rings. The van der Waals surface area contributed by atoms with Crippen molar-refractivity contribution in [2.45, 2.75) is 13.5 Å². The van der Waals surface area contributed by atoms with E-state index in [1.165, 1.54) is 5.56 Å². The average molecular weight is 301 g/mol. The minimum absolute atomic E-state index is 0.579. The zero-order chi connectivity index (χ0) is 15.8. The van der Waals surface area contributed by atoms with Gasteiger partial charge < -0.3 is 15.4 Å². The second kappa shape index (κ2) is 8.07. The maximum absolute atomic E-state index is 5.69. The van der Waals surface area contributed by atoms with Crippen molar-refractivity contribution < 1.29 is 4.74 Å². The molecule has 1 heterocycles. The molecular weight excluding hydrogens is 278 g/mol. The number of nitrogens with one attached hydrogen (secondary N) is 2. The molecule has 0 amide bonds. The molecule has 0 bridgehead atoms. The zero-order valence-electron chi connectivity index (χ0n) is 13.3. The third-order valence-corrected chi connectivity index (χ3v) is 3.24. The maximum Gasteiger partial charge on any atom is 0.191 e. The van der Waals surface area contributed by atoms with Gasteiger partial charge in [0.15, 0.2) is 5.96 Å². The van der Waals surface area contributed by atoms with Crippen LogP contribution in [0.2, 0.25) is 0 Å². The Labute approximate surface area is 131 Å². The highest BCUT2D eigenvalue weighted by molar-refractivity contribution is 5.79. The number of hydrogen-bond donors (Lipinski definition) is 2. The number of rotatable bonds is 6. The largest absolute Gasteiger partial charge is 0.492 e. The molecule has 0 atom stereocenters. The predicted molar refractivity (Wildman–Crippen MR) is 88.1 cm³/mol. The zero-order valence-corrected chi connectivity index (χ0v) is 13.3. The molecule has 118 valence electrons. The lowest BCUT2D eigenvalue weighted by Gasteiger charge is -2.12. The molecule has 22 heavy (non-hydrogen) atoms. The van der Waals surface area contributed by atoms with E-state index in [4.69, 9.17) is 4.74 Å².